The summed E-state index contributed by atoms with van der Waals surface area (Å²) < 4.78 is 82.5. The Morgan fingerprint density at radius 2 is 1.90 bits per heavy atom. The second-order valence-electron chi connectivity index (χ2n) is 8.05. The van der Waals surface area contributed by atoms with Gasteiger partial charge in [-0.05, 0) is 18.2 Å². The van der Waals surface area contributed by atoms with E-state index in [1.165, 1.54) is 17.0 Å². The summed E-state index contributed by atoms with van der Waals surface area (Å²) in [6.07, 6.45) is -6.75. The van der Waals surface area contributed by atoms with Gasteiger partial charge in [0, 0.05) is 30.0 Å². The molecule has 3 aliphatic rings. The molecule has 3 atom stereocenters. The lowest BCUT2D eigenvalue weighted by molar-refractivity contribution is -0.137. The number of carbonyl (C=O) groups is 1. The topological polar surface area (TPSA) is 20.3 Å². The fourth-order valence-electron chi connectivity index (χ4n) is 5.00. The molecule has 0 N–H and O–H groups in total. The van der Waals surface area contributed by atoms with Gasteiger partial charge in [-0.15, -0.1) is 12.6 Å². The molecular weight excluding hydrogens is 466 g/mol. The van der Waals surface area contributed by atoms with Crippen molar-refractivity contribution in [2.24, 2.45) is 0 Å². The van der Waals surface area contributed by atoms with Crippen LogP contribution in [0.2, 0.25) is 5.02 Å². The smallest absolute Gasteiger partial charge is 0.316 e. The zero-order valence-corrected chi connectivity index (χ0v) is 17.2. The highest BCUT2D eigenvalue weighted by atomic mass is 35.5. The Bertz CT molecular complexity index is 1140. The monoisotopic (exact) mass is 479 g/mol. The maximum absolute atomic E-state index is 14.5. The number of rotatable bonds is 1. The SMILES string of the molecule is O=C1c2cc(Cl)c(C(F)(F)F)cc2N2CCC(F)(F)CC3C2[N+]13c1ccc(F)c(S)c1. The minimum absolute atomic E-state index is 0.0612. The number of halogens is 7. The first-order valence-electron chi connectivity index (χ1n) is 9.35. The van der Waals surface area contributed by atoms with Gasteiger partial charge in [-0.1, -0.05) is 11.6 Å². The predicted octanol–water partition coefficient (Wildman–Crippen LogP) is 5.89. The van der Waals surface area contributed by atoms with Crippen molar-refractivity contribution < 1.29 is 31.1 Å². The van der Waals surface area contributed by atoms with Gasteiger partial charge in [-0.25, -0.2) is 18.0 Å². The first-order chi connectivity index (χ1) is 14.4. The number of hydrogen-bond donors (Lipinski definition) is 1. The van der Waals surface area contributed by atoms with Gasteiger partial charge in [-0.3, -0.25) is 0 Å². The van der Waals surface area contributed by atoms with Gasteiger partial charge in [0.15, 0.2) is 6.04 Å². The third-order valence-corrected chi connectivity index (χ3v) is 7.02. The van der Waals surface area contributed by atoms with Crippen LogP contribution >= 0.6 is 24.2 Å². The van der Waals surface area contributed by atoms with Crippen LogP contribution in [0.25, 0.3) is 0 Å². The Morgan fingerprint density at radius 3 is 2.55 bits per heavy atom. The molecule has 31 heavy (non-hydrogen) atoms. The van der Waals surface area contributed by atoms with E-state index in [0.29, 0.717) is 0 Å². The molecule has 3 unspecified atom stereocenters. The molecule has 0 bridgehead atoms. The average molecular weight is 480 g/mol. The number of benzene rings is 2. The van der Waals surface area contributed by atoms with Crippen LogP contribution in [0.3, 0.4) is 0 Å². The molecule has 2 aromatic carbocycles. The summed E-state index contributed by atoms with van der Waals surface area (Å²) in [5.74, 6) is -4.38. The van der Waals surface area contributed by atoms with E-state index in [-0.39, 0.29) is 28.4 Å². The second-order valence-corrected chi connectivity index (χ2v) is 8.94. The van der Waals surface area contributed by atoms with E-state index in [1.807, 2.05) is 0 Å². The van der Waals surface area contributed by atoms with Crippen LogP contribution in [-0.4, -0.2) is 30.6 Å². The molecule has 2 aromatic rings. The second kappa shape index (κ2) is 6.32. The first kappa shape index (κ1) is 21.0. The van der Waals surface area contributed by atoms with Crippen molar-refractivity contribution in [1.29, 1.82) is 0 Å². The van der Waals surface area contributed by atoms with Gasteiger partial charge in [0.25, 0.3) is 5.92 Å². The Kier molecular flexibility index (Phi) is 4.28. The van der Waals surface area contributed by atoms with Gasteiger partial charge in [0.05, 0.1) is 22.7 Å². The molecule has 1 amide bonds. The van der Waals surface area contributed by atoms with Crippen LogP contribution in [0.4, 0.5) is 37.7 Å². The Morgan fingerprint density at radius 1 is 1.19 bits per heavy atom. The van der Waals surface area contributed by atoms with Crippen LogP contribution in [0.5, 0.6) is 0 Å². The highest BCUT2D eigenvalue weighted by molar-refractivity contribution is 7.80. The summed E-state index contributed by atoms with van der Waals surface area (Å²) in [5.41, 5.74) is -1.01. The molecule has 2 fully saturated rings. The molecular formula is C20H14ClF6N2OS+. The van der Waals surface area contributed by atoms with Crippen molar-refractivity contribution in [1.82, 2.24) is 4.48 Å². The third kappa shape index (κ3) is 2.84. The maximum Gasteiger partial charge on any atom is 0.417 e. The van der Waals surface area contributed by atoms with Gasteiger partial charge >= 0.3 is 12.1 Å². The molecule has 3 aliphatic heterocycles. The van der Waals surface area contributed by atoms with Gasteiger partial charge < -0.3 is 4.90 Å². The first-order valence-corrected chi connectivity index (χ1v) is 10.2. The van der Waals surface area contributed by atoms with E-state index in [1.54, 1.807) is 0 Å². The summed E-state index contributed by atoms with van der Waals surface area (Å²) in [6, 6.07) is 4.53. The average Bonchev–Trinajstić information content (AvgIpc) is 3.33. The Balaban J connectivity index is 1.75. The van der Waals surface area contributed by atoms with E-state index < -0.39 is 63.9 Å². The zero-order valence-electron chi connectivity index (χ0n) is 15.6. The van der Waals surface area contributed by atoms with Gasteiger partial charge in [-0.2, -0.15) is 17.7 Å². The maximum atomic E-state index is 14.5. The van der Waals surface area contributed by atoms with Crippen molar-refractivity contribution in [3.63, 3.8) is 0 Å². The minimum Gasteiger partial charge on any atom is -0.316 e. The number of nitrogens with zero attached hydrogens (tertiary/aromatic N) is 2. The normalized spacial score (nSPS) is 28.6. The van der Waals surface area contributed by atoms with Gasteiger partial charge in [0.1, 0.15) is 17.1 Å². The summed E-state index contributed by atoms with van der Waals surface area (Å²) >= 11 is 9.89. The fraction of sp³-hybridized carbons (Fsp3) is 0.350. The van der Waals surface area contributed by atoms with Crippen molar-refractivity contribution >= 4 is 41.5 Å². The van der Waals surface area contributed by atoms with E-state index >= 15 is 0 Å². The summed E-state index contributed by atoms with van der Waals surface area (Å²) in [6.45, 7) is -0.234. The molecule has 2 saturated heterocycles. The quantitative estimate of drug-likeness (QED) is 0.238. The lowest BCUT2D eigenvalue weighted by Gasteiger charge is -2.34. The molecule has 0 radical (unpaired) electrons. The number of anilines is 1. The van der Waals surface area contributed by atoms with Crippen molar-refractivity contribution in [3.8, 4) is 0 Å². The van der Waals surface area contributed by atoms with E-state index in [0.717, 1.165) is 18.2 Å². The van der Waals surface area contributed by atoms with Crippen LogP contribution in [0.1, 0.15) is 28.8 Å². The predicted molar refractivity (Wildman–Crippen MR) is 105 cm³/mol. The van der Waals surface area contributed by atoms with Crippen molar-refractivity contribution in [2.45, 2.75) is 42.0 Å². The molecule has 11 heteroatoms. The van der Waals surface area contributed by atoms with Crippen molar-refractivity contribution in [3.05, 3.63) is 52.3 Å². The summed E-state index contributed by atoms with van der Waals surface area (Å²) in [5, 5.41) is -0.647. The molecule has 0 saturated carbocycles. The highest BCUT2D eigenvalue weighted by Gasteiger charge is 2.80. The lowest BCUT2D eigenvalue weighted by atomic mass is 10.0. The summed E-state index contributed by atoms with van der Waals surface area (Å²) in [7, 11) is 0. The van der Waals surface area contributed by atoms with E-state index in [4.69, 9.17) is 11.6 Å². The third-order valence-electron chi connectivity index (χ3n) is 6.36. The number of amides is 1. The van der Waals surface area contributed by atoms with E-state index in [9.17, 15) is 31.1 Å². The molecule has 0 aromatic heterocycles. The van der Waals surface area contributed by atoms with Crippen LogP contribution in [0, 0.1) is 5.82 Å². The molecule has 0 aliphatic carbocycles. The molecule has 3 nitrogen and oxygen atoms in total. The van der Waals surface area contributed by atoms with Gasteiger partial charge in [0.2, 0.25) is 6.17 Å². The number of quaternary nitrogens is 1. The molecule has 0 spiro atoms. The zero-order chi connectivity index (χ0) is 22.5. The molecule has 3 heterocycles. The number of hydrogen-bond acceptors (Lipinski definition) is 3. The van der Waals surface area contributed by atoms with Crippen LogP contribution in [0.15, 0.2) is 35.2 Å². The number of fused-ring (bicyclic) bond motifs is 3. The number of alkyl halides is 5. The standard InChI is InChI=1S/C20H13ClF6N2OS/c21-12-6-10-14(7-11(12)20(25,26)27)28-4-3-19(23,24)8-15-17(28)29(15,18(10)30)9-1-2-13(22)16(31)5-9/h1-2,5-7,15,17H,3-4,8H2/p+1. The Labute approximate surface area is 183 Å². The largest absolute Gasteiger partial charge is 0.417 e. The van der Waals surface area contributed by atoms with E-state index in [2.05, 4.69) is 12.6 Å². The molecule has 5 rings (SSSR count). The number of thiol groups is 1. The lowest BCUT2D eigenvalue weighted by Crippen LogP contribution is -2.50. The highest BCUT2D eigenvalue weighted by Crippen LogP contribution is 2.59. The number of carbonyl (C=O) groups excluding carboxylic acids is 1. The Hall–Kier alpha value is -1.91. The fourth-order valence-corrected chi connectivity index (χ4v) is 5.48. The van der Waals surface area contributed by atoms with Crippen LogP contribution < -0.4 is 9.38 Å². The molecule has 164 valence electrons. The van der Waals surface area contributed by atoms with Crippen molar-refractivity contribution in [2.75, 3.05) is 11.4 Å². The minimum atomic E-state index is -4.77. The van der Waals surface area contributed by atoms with Crippen LogP contribution in [-0.2, 0) is 6.18 Å². The summed E-state index contributed by atoms with van der Waals surface area (Å²) in [4.78, 5) is 15.0.